The molecule has 0 saturated carbocycles. The Kier molecular flexibility index (Phi) is 5.97. The summed E-state index contributed by atoms with van der Waals surface area (Å²) in [5.74, 6) is -0.309. The van der Waals surface area contributed by atoms with Crippen molar-refractivity contribution in [2.45, 2.75) is 65.0 Å². The number of nitrogens with one attached hydrogen (secondary N) is 2. The maximum atomic E-state index is 12.3. The molecule has 1 heterocycles. The van der Waals surface area contributed by atoms with Crippen LogP contribution in [0.2, 0.25) is 0 Å². The third-order valence-electron chi connectivity index (χ3n) is 3.12. The molecule has 1 fully saturated rings. The second-order valence-electron chi connectivity index (χ2n) is 6.40. The summed E-state index contributed by atoms with van der Waals surface area (Å²) in [5, 5.41) is 2.77. The van der Waals surface area contributed by atoms with Crippen molar-refractivity contribution < 1.29 is 13.2 Å². The molecule has 1 saturated heterocycles. The predicted molar refractivity (Wildman–Crippen MR) is 79.5 cm³/mol. The summed E-state index contributed by atoms with van der Waals surface area (Å²) in [6, 6.07) is -0.775. The van der Waals surface area contributed by atoms with Crippen molar-refractivity contribution in [3.05, 3.63) is 0 Å². The van der Waals surface area contributed by atoms with E-state index in [2.05, 4.69) is 10.0 Å². The normalized spacial score (nSPS) is 20.2. The van der Waals surface area contributed by atoms with Crippen LogP contribution in [0.15, 0.2) is 0 Å². The highest BCUT2D eigenvalue weighted by atomic mass is 32.2. The van der Waals surface area contributed by atoms with Crippen LogP contribution in [-0.4, -0.2) is 43.3 Å². The van der Waals surface area contributed by atoms with Crippen molar-refractivity contribution >= 4 is 16.1 Å². The van der Waals surface area contributed by atoms with E-state index in [0.29, 0.717) is 13.1 Å². The summed E-state index contributed by atoms with van der Waals surface area (Å²) in [6.45, 7) is 8.21. The molecule has 6 nitrogen and oxygen atoms in total. The van der Waals surface area contributed by atoms with E-state index in [0.717, 1.165) is 25.7 Å². The Morgan fingerprint density at radius 1 is 1.10 bits per heavy atom. The molecule has 1 aliphatic heterocycles. The van der Waals surface area contributed by atoms with E-state index in [9.17, 15) is 13.2 Å². The van der Waals surface area contributed by atoms with Gasteiger partial charge in [-0.05, 0) is 40.5 Å². The van der Waals surface area contributed by atoms with Gasteiger partial charge in [0, 0.05) is 18.6 Å². The fourth-order valence-electron chi connectivity index (χ4n) is 2.11. The third-order valence-corrected chi connectivity index (χ3v) is 4.82. The molecule has 0 spiro atoms. The summed E-state index contributed by atoms with van der Waals surface area (Å²) in [4.78, 5) is 11.9. The Balaban J connectivity index is 2.62. The Morgan fingerprint density at radius 3 is 2.05 bits per heavy atom. The zero-order valence-electron chi connectivity index (χ0n) is 12.9. The van der Waals surface area contributed by atoms with Gasteiger partial charge in [0.1, 0.15) is 0 Å². The molecule has 118 valence electrons. The summed E-state index contributed by atoms with van der Waals surface area (Å²) < 4.78 is 28.4. The topological polar surface area (TPSA) is 78.5 Å². The van der Waals surface area contributed by atoms with Crippen molar-refractivity contribution in [1.29, 1.82) is 0 Å². The van der Waals surface area contributed by atoms with Gasteiger partial charge in [-0.15, -0.1) is 0 Å². The first-order valence-corrected chi connectivity index (χ1v) is 8.65. The standard InChI is InChI=1S/C13H27N3O3S/c1-11(12(17)14-13(2,3)4)15-20(18,19)16-9-7-5-6-8-10-16/h11,15H,5-10H2,1-4H3,(H,14,17). The molecule has 0 aliphatic carbocycles. The van der Waals surface area contributed by atoms with Crippen LogP contribution in [0.1, 0.15) is 53.4 Å². The van der Waals surface area contributed by atoms with Crippen LogP contribution in [0.25, 0.3) is 0 Å². The molecular weight excluding hydrogens is 278 g/mol. The van der Waals surface area contributed by atoms with Crippen LogP contribution >= 0.6 is 0 Å². The Hall–Kier alpha value is -0.660. The molecule has 1 aliphatic rings. The second-order valence-corrected chi connectivity index (χ2v) is 8.10. The number of nitrogens with zero attached hydrogens (tertiary/aromatic N) is 1. The minimum absolute atomic E-state index is 0.309. The average Bonchev–Trinajstić information content (AvgIpc) is 2.54. The van der Waals surface area contributed by atoms with Gasteiger partial charge < -0.3 is 5.32 Å². The van der Waals surface area contributed by atoms with Gasteiger partial charge in [-0.2, -0.15) is 17.4 Å². The number of amides is 1. The highest BCUT2D eigenvalue weighted by Gasteiger charge is 2.28. The van der Waals surface area contributed by atoms with E-state index in [-0.39, 0.29) is 11.4 Å². The fraction of sp³-hybridized carbons (Fsp3) is 0.923. The van der Waals surface area contributed by atoms with Crippen molar-refractivity contribution in [2.75, 3.05) is 13.1 Å². The summed E-state index contributed by atoms with van der Waals surface area (Å²) in [5.41, 5.74) is -0.376. The zero-order chi connectivity index (χ0) is 15.4. The molecule has 0 bridgehead atoms. The first-order valence-electron chi connectivity index (χ1n) is 7.21. The fourth-order valence-corrected chi connectivity index (χ4v) is 3.55. The molecule has 1 rings (SSSR count). The van der Waals surface area contributed by atoms with E-state index < -0.39 is 16.3 Å². The van der Waals surface area contributed by atoms with Gasteiger partial charge in [-0.1, -0.05) is 12.8 Å². The lowest BCUT2D eigenvalue weighted by molar-refractivity contribution is -0.123. The van der Waals surface area contributed by atoms with Gasteiger partial charge in [0.2, 0.25) is 5.91 Å². The van der Waals surface area contributed by atoms with Crippen LogP contribution in [0, 0.1) is 0 Å². The third kappa shape index (κ3) is 5.76. The number of hydrogen-bond acceptors (Lipinski definition) is 3. The van der Waals surface area contributed by atoms with Crippen LogP contribution in [0.4, 0.5) is 0 Å². The monoisotopic (exact) mass is 305 g/mol. The maximum absolute atomic E-state index is 12.3. The average molecular weight is 305 g/mol. The van der Waals surface area contributed by atoms with Crippen LogP contribution in [-0.2, 0) is 15.0 Å². The first kappa shape index (κ1) is 17.4. The highest BCUT2D eigenvalue weighted by molar-refractivity contribution is 7.87. The quantitative estimate of drug-likeness (QED) is 0.813. The van der Waals surface area contributed by atoms with E-state index in [1.54, 1.807) is 6.92 Å². The van der Waals surface area contributed by atoms with E-state index in [1.807, 2.05) is 20.8 Å². The van der Waals surface area contributed by atoms with Crippen molar-refractivity contribution in [2.24, 2.45) is 0 Å². The lowest BCUT2D eigenvalue weighted by Gasteiger charge is -2.26. The van der Waals surface area contributed by atoms with Gasteiger partial charge in [-0.3, -0.25) is 4.79 Å². The molecule has 20 heavy (non-hydrogen) atoms. The minimum Gasteiger partial charge on any atom is -0.350 e. The van der Waals surface area contributed by atoms with Crippen LogP contribution in [0.5, 0.6) is 0 Å². The molecule has 7 heteroatoms. The molecule has 0 radical (unpaired) electrons. The Labute approximate surface area is 122 Å². The number of rotatable bonds is 4. The summed E-state index contributed by atoms with van der Waals surface area (Å²) >= 11 is 0. The SMILES string of the molecule is CC(NS(=O)(=O)N1CCCCCC1)C(=O)NC(C)(C)C. The van der Waals surface area contributed by atoms with Gasteiger partial charge in [0.15, 0.2) is 0 Å². The maximum Gasteiger partial charge on any atom is 0.280 e. The van der Waals surface area contributed by atoms with Crippen LogP contribution < -0.4 is 10.0 Å². The molecule has 0 aromatic rings. The molecule has 0 aromatic carbocycles. The molecular formula is C13H27N3O3S. The zero-order valence-corrected chi connectivity index (χ0v) is 13.7. The number of carbonyl (C=O) groups excluding carboxylic acids is 1. The Bertz CT molecular complexity index is 421. The smallest absolute Gasteiger partial charge is 0.280 e. The number of carbonyl (C=O) groups is 1. The Morgan fingerprint density at radius 2 is 1.60 bits per heavy atom. The molecule has 0 aromatic heterocycles. The number of hydrogen-bond donors (Lipinski definition) is 2. The van der Waals surface area contributed by atoms with E-state index >= 15 is 0 Å². The van der Waals surface area contributed by atoms with Crippen LogP contribution in [0.3, 0.4) is 0 Å². The highest BCUT2D eigenvalue weighted by Crippen LogP contribution is 2.12. The van der Waals surface area contributed by atoms with Crippen molar-refractivity contribution in [3.8, 4) is 0 Å². The second kappa shape index (κ2) is 6.87. The molecule has 1 unspecified atom stereocenters. The molecule has 2 N–H and O–H groups in total. The largest absolute Gasteiger partial charge is 0.350 e. The van der Waals surface area contributed by atoms with E-state index in [1.165, 1.54) is 4.31 Å². The van der Waals surface area contributed by atoms with Gasteiger partial charge in [0.05, 0.1) is 6.04 Å². The molecule has 1 amide bonds. The van der Waals surface area contributed by atoms with Gasteiger partial charge in [0.25, 0.3) is 10.2 Å². The van der Waals surface area contributed by atoms with Gasteiger partial charge in [-0.25, -0.2) is 0 Å². The van der Waals surface area contributed by atoms with Gasteiger partial charge >= 0.3 is 0 Å². The first-order chi connectivity index (χ1) is 9.12. The minimum atomic E-state index is -3.58. The van der Waals surface area contributed by atoms with Crippen molar-refractivity contribution in [1.82, 2.24) is 14.3 Å². The lowest BCUT2D eigenvalue weighted by Crippen LogP contribution is -2.53. The molecule has 1 atom stereocenters. The van der Waals surface area contributed by atoms with Crippen molar-refractivity contribution in [3.63, 3.8) is 0 Å². The summed E-state index contributed by atoms with van der Waals surface area (Å²) in [7, 11) is -3.58. The lowest BCUT2D eigenvalue weighted by atomic mass is 10.1. The summed E-state index contributed by atoms with van der Waals surface area (Å²) in [6.07, 6.45) is 3.88. The van der Waals surface area contributed by atoms with E-state index in [4.69, 9.17) is 0 Å². The predicted octanol–water partition coefficient (Wildman–Crippen LogP) is 1.00.